The molecule has 0 bridgehead atoms. The third-order valence-corrected chi connectivity index (χ3v) is 2.73. The number of carbonyl (C=O) groups is 3. The van der Waals surface area contributed by atoms with Crippen LogP contribution >= 0.6 is 0 Å². The first-order chi connectivity index (χ1) is 8.43. The van der Waals surface area contributed by atoms with Gasteiger partial charge in [0, 0.05) is 0 Å². The van der Waals surface area contributed by atoms with E-state index in [2.05, 4.69) is 0 Å². The third kappa shape index (κ3) is 1.41. The van der Waals surface area contributed by atoms with E-state index in [1.54, 1.807) is 0 Å². The van der Waals surface area contributed by atoms with Crippen molar-refractivity contribution >= 4 is 17.8 Å². The van der Waals surface area contributed by atoms with E-state index in [1.165, 1.54) is 24.3 Å². The second-order valence-corrected chi connectivity index (χ2v) is 3.77. The molecule has 0 aliphatic carbocycles. The van der Waals surface area contributed by atoms with Crippen LogP contribution in [0.15, 0.2) is 24.3 Å². The Morgan fingerprint density at radius 2 is 1.61 bits per heavy atom. The molecule has 0 saturated heterocycles. The van der Waals surface area contributed by atoms with Crippen LogP contribution in [0.25, 0.3) is 0 Å². The van der Waals surface area contributed by atoms with Crippen LogP contribution in [0.3, 0.4) is 0 Å². The molecule has 1 aromatic rings. The maximum atomic E-state index is 11.9. The van der Waals surface area contributed by atoms with E-state index >= 15 is 0 Å². The Morgan fingerprint density at radius 1 is 1.17 bits per heavy atom. The second kappa shape index (κ2) is 3.90. The van der Waals surface area contributed by atoms with Crippen LogP contribution < -0.4 is 0 Å². The van der Waals surface area contributed by atoms with Crippen molar-refractivity contribution in [3.63, 3.8) is 0 Å². The van der Waals surface area contributed by atoms with Crippen LogP contribution in [0.2, 0.25) is 0 Å². The minimum absolute atomic E-state index is 0.00405. The Kier molecular flexibility index (Phi) is 2.64. The lowest BCUT2D eigenvalue weighted by Gasteiger charge is -2.29. The molecule has 0 aromatic heterocycles. The van der Waals surface area contributed by atoms with Crippen LogP contribution in [-0.4, -0.2) is 50.3 Å². The Morgan fingerprint density at radius 3 is 1.94 bits per heavy atom. The summed E-state index contributed by atoms with van der Waals surface area (Å²) < 4.78 is 0. The highest BCUT2D eigenvalue weighted by Crippen LogP contribution is 2.28. The zero-order valence-corrected chi connectivity index (χ0v) is 9.03. The third-order valence-electron chi connectivity index (χ3n) is 2.73. The van der Waals surface area contributed by atoms with E-state index in [4.69, 9.17) is 10.2 Å². The first kappa shape index (κ1) is 12.2. The summed E-state index contributed by atoms with van der Waals surface area (Å²) in [6.45, 7) is -1.28. The van der Waals surface area contributed by atoms with E-state index in [0.717, 1.165) is 0 Å². The molecule has 94 valence electrons. The number of fused-ring (bicyclic) bond motifs is 1. The fourth-order valence-corrected chi connectivity index (χ4v) is 1.76. The molecule has 0 radical (unpaired) electrons. The van der Waals surface area contributed by atoms with E-state index in [-0.39, 0.29) is 16.0 Å². The topological polar surface area (TPSA) is 115 Å². The molecule has 0 saturated carbocycles. The van der Waals surface area contributed by atoms with Gasteiger partial charge in [0.25, 0.3) is 17.5 Å². The number of hydrogen-bond donors (Lipinski definition) is 3. The first-order valence-corrected chi connectivity index (χ1v) is 4.98. The Balaban J connectivity index is 2.55. The summed E-state index contributed by atoms with van der Waals surface area (Å²) in [5, 5.41) is 27.5. The highest BCUT2D eigenvalue weighted by Gasteiger charge is 2.52. The molecule has 1 aromatic carbocycles. The molecule has 18 heavy (non-hydrogen) atoms. The van der Waals surface area contributed by atoms with Gasteiger partial charge in [0.15, 0.2) is 0 Å². The molecule has 1 heterocycles. The predicted molar refractivity (Wildman–Crippen MR) is 56.6 cm³/mol. The quantitative estimate of drug-likeness (QED) is 0.596. The van der Waals surface area contributed by atoms with Crippen LogP contribution in [-0.2, 0) is 4.79 Å². The number of carboxylic acids is 1. The predicted octanol–water partition coefficient (Wildman–Crippen LogP) is -0.952. The standard InChI is InChI=1S/C11H9NO6/c13-5-11(18,10(16)17)12-8(14)6-3-1-2-4-7(6)9(12)15/h1-4,13,18H,5H2,(H,16,17). The molecular weight excluding hydrogens is 242 g/mol. The van der Waals surface area contributed by atoms with Gasteiger partial charge in [0.05, 0.1) is 11.1 Å². The van der Waals surface area contributed by atoms with E-state index in [1.807, 2.05) is 0 Å². The Bertz CT molecular complexity index is 519. The maximum Gasteiger partial charge on any atom is 0.360 e. The number of nitrogens with zero attached hydrogens (tertiary/aromatic N) is 1. The van der Waals surface area contributed by atoms with Crippen LogP contribution in [0, 0.1) is 0 Å². The molecule has 1 aliphatic heterocycles. The molecule has 2 amide bonds. The van der Waals surface area contributed by atoms with Gasteiger partial charge in [0.2, 0.25) is 0 Å². The van der Waals surface area contributed by atoms with Gasteiger partial charge in [-0.25, -0.2) is 9.69 Å². The lowest BCUT2D eigenvalue weighted by Crippen LogP contribution is -2.59. The van der Waals surface area contributed by atoms with Crippen molar-refractivity contribution in [1.82, 2.24) is 4.90 Å². The van der Waals surface area contributed by atoms with Crippen molar-refractivity contribution in [2.45, 2.75) is 5.72 Å². The van der Waals surface area contributed by atoms with E-state index < -0.39 is 30.1 Å². The number of benzene rings is 1. The molecular formula is C11H9NO6. The highest BCUT2D eigenvalue weighted by molar-refractivity contribution is 6.23. The van der Waals surface area contributed by atoms with Crippen molar-refractivity contribution in [3.8, 4) is 0 Å². The largest absolute Gasteiger partial charge is 0.478 e. The van der Waals surface area contributed by atoms with Crippen molar-refractivity contribution in [2.24, 2.45) is 0 Å². The van der Waals surface area contributed by atoms with Gasteiger partial charge in [-0.2, -0.15) is 0 Å². The monoisotopic (exact) mass is 251 g/mol. The number of carboxylic acid groups (broad SMARTS) is 1. The summed E-state index contributed by atoms with van der Waals surface area (Å²) in [6.07, 6.45) is 0. The second-order valence-electron chi connectivity index (χ2n) is 3.77. The van der Waals surface area contributed by atoms with Gasteiger partial charge in [0.1, 0.15) is 6.61 Å². The lowest BCUT2D eigenvalue weighted by molar-refractivity contribution is -0.179. The summed E-state index contributed by atoms with van der Waals surface area (Å²) >= 11 is 0. The number of rotatable bonds is 3. The van der Waals surface area contributed by atoms with Gasteiger partial charge >= 0.3 is 5.97 Å². The fraction of sp³-hybridized carbons (Fsp3) is 0.182. The number of aliphatic hydroxyl groups excluding tert-OH is 1. The van der Waals surface area contributed by atoms with Gasteiger partial charge in [-0.15, -0.1) is 0 Å². The van der Waals surface area contributed by atoms with Gasteiger partial charge in [-0.3, -0.25) is 9.59 Å². The molecule has 1 aliphatic rings. The summed E-state index contributed by atoms with van der Waals surface area (Å²) in [4.78, 5) is 34.9. The number of aliphatic carboxylic acids is 1. The normalized spacial score (nSPS) is 17.6. The molecule has 1 atom stereocenters. The van der Waals surface area contributed by atoms with Gasteiger partial charge in [-0.05, 0) is 12.1 Å². The van der Waals surface area contributed by atoms with Crippen molar-refractivity contribution in [2.75, 3.05) is 6.61 Å². The van der Waals surface area contributed by atoms with Crippen molar-refractivity contribution < 1.29 is 29.7 Å². The van der Waals surface area contributed by atoms with Gasteiger partial charge in [-0.1, -0.05) is 12.1 Å². The molecule has 3 N–H and O–H groups in total. The smallest absolute Gasteiger partial charge is 0.360 e. The minimum Gasteiger partial charge on any atom is -0.478 e. The van der Waals surface area contributed by atoms with Crippen LogP contribution in [0.5, 0.6) is 0 Å². The summed E-state index contributed by atoms with van der Waals surface area (Å²) in [5.74, 6) is -3.77. The van der Waals surface area contributed by atoms with Crippen molar-refractivity contribution in [3.05, 3.63) is 35.4 Å². The van der Waals surface area contributed by atoms with Crippen LogP contribution in [0.1, 0.15) is 20.7 Å². The molecule has 0 fully saturated rings. The lowest BCUT2D eigenvalue weighted by atomic mass is 10.1. The average Bonchev–Trinajstić information content (AvgIpc) is 2.62. The zero-order valence-electron chi connectivity index (χ0n) is 9.03. The number of imide groups is 1. The first-order valence-electron chi connectivity index (χ1n) is 4.98. The maximum absolute atomic E-state index is 11.9. The number of hydrogen-bond acceptors (Lipinski definition) is 5. The van der Waals surface area contributed by atoms with E-state index in [0.29, 0.717) is 0 Å². The fourth-order valence-electron chi connectivity index (χ4n) is 1.76. The summed E-state index contributed by atoms with van der Waals surface area (Å²) in [7, 11) is 0. The molecule has 2 rings (SSSR count). The summed E-state index contributed by atoms with van der Waals surface area (Å²) in [5.41, 5.74) is -2.96. The average molecular weight is 251 g/mol. The number of carbonyl (C=O) groups excluding carboxylic acids is 2. The number of aliphatic hydroxyl groups is 2. The SMILES string of the molecule is O=C1c2ccccc2C(=O)N1C(O)(CO)C(=O)O. The number of amides is 2. The Labute approximate surface area is 101 Å². The molecule has 7 heteroatoms. The molecule has 1 unspecified atom stereocenters. The molecule has 7 nitrogen and oxygen atoms in total. The zero-order chi connectivity index (χ0) is 13.5. The molecule has 0 spiro atoms. The Hall–Kier alpha value is -2.25. The minimum atomic E-state index is -2.95. The highest BCUT2D eigenvalue weighted by atomic mass is 16.4. The van der Waals surface area contributed by atoms with Crippen LogP contribution in [0.4, 0.5) is 0 Å². The summed E-state index contributed by atoms with van der Waals surface area (Å²) in [6, 6.07) is 5.70. The van der Waals surface area contributed by atoms with Gasteiger partial charge < -0.3 is 15.3 Å². The van der Waals surface area contributed by atoms with Crippen molar-refractivity contribution in [1.29, 1.82) is 0 Å². The van der Waals surface area contributed by atoms with E-state index in [9.17, 15) is 19.5 Å².